The maximum absolute atomic E-state index is 12.8. The van der Waals surface area contributed by atoms with Crippen molar-refractivity contribution in [1.29, 1.82) is 0 Å². The highest BCUT2D eigenvalue weighted by atomic mass is 16.5. The van der Waals surface area contributed by atoms with Crippen molar-refractivity contribution < 1.29 is 14.3 Å². The average Bonchev–Trinajstić information content (AvgIpc) is 3.41. The van der Waals surface area contributed by atoms with Gasteiger partial charge >= 0.3 is 0 Å². The van der Waals surface area contributed by atoms with Gasteiger partial charge in [-0.2, -0.15) is 0 Å². The zero-order valence-electron chi connectivity index (χ0n) is 14.5. The number of likely N-dealkylation sites (tertiary alicyclic amines) is 2. The Morgan fingerprint density at radius 3 is 2.60 bits per heavy atom. The largest absolute Gasteiger partial charge is 0.472 e. The number of hydrogen-bond acceptors (Lipinski definition) is 4. The molecule has 1 unspecified atom stereocenters. The van der Waals surface area contributed by atoms with Crippen molar-refractivity contribution in [1.82, 2.24) is 14.8 Å². The monoisotopic (exact) mass is 343 g/mol. The van der Waals surface area contributed by atoms with E-state index in [4.69, 9.17) is 4.74 Å². The summed E-state index contributed by atoms with van der Waals surface area (Å²) in [5.41, 5.74) is 0.538. The van der Waals surface area contributed by atoms with Gasteiger partial charge < -0.3 is 14.5 Å². The number of carbonyl (C=O) groups is 2. The maximum Gasteiger partial charge on any atom is 0.259 e. The molecule has 2 aliphatic heterocycles. The second-order valence-corrected chi connectivity index (χ2v) is 7.30. The third kappa shape index (κ3) is 3.62. The number of piperidine rings is 1. The zero-order valence-corrected chi connectivity index (χ0v) is 14.5. The van der Waals surface area contributed by atoms with Gasteiger partial charge in [0.1, 0.15) is 11.7 Å². The number of hydrogen-bond donors (Lipinski definition) is 0. The Kier molecular flexibility index (Phi) is 4.59. The molecule has 1 aromatic rings. The van der Waals surface area contributed by atoms with Crippen LogP contribution in [0.1, 0.15) is 48.9 Å². The predicted molar refractivity (Wildman–Crippen MR) is 92.3 cm³/mol. The normalized spacial score (nSPS) is 23.6. The lowest BCUT2D eigenvalue weighted by Crippen LogP contribution is -2.36. The quantitative estimate of drug-likeness (QED) is 0.840. The molecule has 1 aromatic heterocycles. The van der Waals surface area contributed by atoms with Crippen molar-refractivity contribution in [2.45, 2.75) is 44.6 Å². The number of carbonyl (C=O) groups excluding carboxylic acids is 2. The highest BCUT2D eigenvalue weighted by Crippen LogP contribution is 2.32. The van der Waals surface area contributed by atoms with E-state index in [-0.39, 0.29) is 23.8 Å². The molecule has 1 atom stereocenters. The lowest BCUT2D eigenvalue weighted by atomic mass is 10.1. The van der Waals surface area contributed by atoms with Gasteiger partial charge in [0.05, 0.1) is 6.54 Å². The van der Waals surface area contributed by atoms with Gasteiger partial charge in [-0.1, -0.05) is 0 Å². The molecule has 3 heterocycles. The molecule has 0 N–H and O–H groups in total. The fourth-order valence-corrected chi connectivity index (χ4v) is 3.69. The van der Waals surface area contributed by atoms with E-state index in [9.17, 15) is 9.59 Å². The number of pyridine rings is 1. The Balaban J connectivity index is 1.42. The Labute approximate surface area is 148 Å². The van der Waals surface area contributed by atoms with Crippen LogP contribution in [-0.2, 0) is 4.79 Å². The molecule has 6 heteroatoms. The topological polar surface area (TPSA) is 62.7 Å². The first-order chi connectivity index (χ1) is 12.2. The summed E-state index contributed by atoms with van der Waals surface area (Å²) in [6.07, 6.45) is 7.73. The molecule has 2 saturated heterocycles. The summed E-state index contributed by atoms with van der Waals surface area (Å²) in [4.78, 5) is 33.1. The van der Waals surface area contributed by atoms with Gasteiger partial charge in [-0.15, -0.1) is 0 Å². The van der Waals surface area contributed by atoms with Crippen LogP contribution in [0.2, 0.25) is 0 Å². The van der Waals surface area contributed by atoms with Crippen LogP contribution < -0.4 is 4.74 Å². The van der Waals surface area contributed by atoms with Crippen molar-refractivity contribution >= 4 is 11.8 Å². The molecule has 2 amide bonds. The van der Waals surface area contributed by atoms with E-state index >= 15 is 0 Å². The van der Waals surface area contributed by atoms with Gasteiger partial charge in [0, 0.05) is 38.2 Å². The third-order valence-corrected chi connectivity index (χ3v) is 5.31. The summed E-state index contributed by atoms with van der Waals surface area (Å²) < 4.78 is 6.05. The van der Waals surface area contributed by atoms with Crippen LogP contribution in [0.4, 0.5) is 0 Å². The van der Waals surface area contributed by atoms with Gasteiger partial charge in [0.2, 0.25) is 11.8 Å². The summed E-state index contributed by atoms with van der Waals surface area (Å²) in [5.74, 6) is 0.914. The molecule has 1 saturated carbocycles. The second-order valence-electron chi connectivity index (χ2n) is 7.30. The Morgan fingerprint density at radius 2 is 1.84 bits per heavy atom. The van der Waals surface area contributed by atoms with Crippen LogP contribution in [0.25, 0.3) is 0 Å². The standard InChI is InChI=1S/C19H25N3O3/c23-18(14-6-7-14)22-12-8-15(13-22)25-17-16(5-4-9-20-17)19(24)21-10-2-1-3-11-21/h4-5,9,14-15H,1-3,6-8,10-13H2. The number of amides is 2. The molecule has 25 heavy (non-hydrogen) atoms. The van der Waals surface area contributed by atoms with Crippen molar-refractivity contribution in [3.05, 3.63) is 23.9 Å². The minimum atomic E-state index is -0.0782. The molecule has 3 fully saturated rings. The van der Waals surface area contributed by atoms with E-state index in [1.165, 1.54) is 6.42 Å². The van der Waals surface area contributed by atoms with Crippen LogP contribution in [-0.4, -0.2) is 58.9 Å². The Hall–Kier alpha value is -2.11. The van der Waals surface area contributed by atoms with Gasteiger partial charge in [-0.25, -0.2) is 4.98 Å². The Bertz CT molecular complexity index is 653. The van der Waals surface area contributed by atoms with Crippen LogP contribution in [0.15, 0.2) is 18.3 Å². The summed E-state index contributed by atoms with van der Waals surface area (Å²) in [6.45, 7) is 2.95. The molecule has 4 rings (SSSR count). The smallest absolute Gasteiger partial charge is 0.259 e. The van der Waals surface area contributed by atoms with Gasteiger partial charge in [-0.05, 0) is 44.2 Å². The molecule has 0 spiro atoms. The third-order valence-electron chi connectivity index (χ3n) is 5.31. The zero-order chi connectivity index (χ0) is 17.2. The van der Waals surface area contributed by atoms with E-state index in [0.29, 0.717) is 18.0 Å². The number of ether oxygens (including phenoxy) is 1. The summed E-state index contributed by atoms with van der Waals surface area (Å²) in [6, 6.07) is 3.57. The van der Waals surface area contributed by atoms with Gasteiger partial charge in [0.15, 0.2) is 0 Å². The summed E-state index contributed by atoms with van der Waals surface area (Å²) in [7, 11) is 0. The molecule has 0 aromatic carbocycles. The SMILES string of the molecule is O=C(c1cccnc1OC1CCN(C(=O)C2CC2)C1)N1CCCCC1. The number of rotatable bonds is 4. The number of nitrogens with zero attached hydrogens (tertiary/aromatic N) is 3. The minimum Gasteiger partial charge on any atom is -0.472 e. The minimum absolute atomic E-state index is 0.00621. The molecule has 134 valence electrons. The number of aromatic nitrogens is 1. The molecule has 0 radical (unpaired) electrons. The van der Waals surface area contributed by atoms with E-state index in [1.54, 1.807) is 18.3 Å². The predicted octanol–water partition coefficient (Wildman–Crippen LogP) is 2.10. The van der Waals surface area contributed by atoms with E-state index < -0.39 is 0 Å². The molecule has 0 bridgehead atoms. The van der Waals surface area contributed by atoms with E-state index in [0.717, 1.165) is 51.7 Å². The first-order valence-electron chi connectivity index (χ1n) is 9.42. The second kappa shape index (κ2) is 7.02. The molecular weight excluding hydrogens is 318 g/mol. The van der Waals surface area contributed by atoms with Crippen LogP contribution in [0.3, 0.4) is 0 Å². The average molecular weight is 343 g/mol. The van der Waals surface area contributed by atoms with Gasteiger partial charge in [-0.3, -0.25) is 9.59 Å². The maximum atomic E-state index is 12.8. The van der Waals surface area contributed by atoms with Crippen molar-refractivity contribution in [3.63, 3.8) is 0 Å². The fraction of sp³-hybridized carbons (Fsp3) is 0.632. The first kappa shape index (κ1) is 16.4. The molecule has 6 nitrogen and oxygen atoms in total. The summed E-state index contributed by atoms with van der Waals surface area (Å²) >= 11 is 0. The van der Waals surface area contributed by atoms with Crippen LogP contribution in [0.5, 0.6) is 5.88 Å². The fourth-order valence-electron chi connectivity index (χ4n) is 3.69. The highest BCUT2D eigenvalue weighted by Gasteiger charge is 2.37. The highest BCUT2D eigenvalue weighted by molar-refractivity contribution is 5.96. The lowest BCUT2D eigenvalue weighted by molar-refractivity contribution is -0.131. The summed E-state index contributed by atoms with van der Waals surface area (Å²) in [5, 5.41) is 0. The van der Waals surface area contributed by atoms with E-state index in [1.807, 2.05) is 9.80 Å². The van der Waals surface area contributed by atoms with E-state index in [2.05, 4.69) is 4.98 Å². The molecule has 3 aliphatic rings. The lowest BCUT2D eigenvalue weighted by Gasteiger charge is -2.27. The molecule has 1 aliphatic carbocycles. The van der Waals surface area contributed by atoms with Crippen molar-refractivity contribution in [2.24, 2.45) is 5.92 Å². The van der Waals surface area contributed by atoms with Gasteiger partial charge in [0.25, 0.3) is 5.91 Å². The van der Waals surface area contributed by atoms with Crippen molar-refractivity contribution in [3.8, 4) is 5.88 Å². The van der Waals surface area contributed by atoms with Crippen LogP contribution in [0, 0.1) is 5.92 Å². The molecular formula is C19H25N3O3. The van der Waals surface area contributed by atoms with Crippen molar-refractivity contribution in [2.75, 3.05) is 26.2 Å². The Morgan fingerprint density at radius 1 is 1.04 bits per heavy atom. The first-order valence-corrected chi connectivity index (χ1v) is 9.42. The van der Waals surface area contributed by atoms with Crippen LogP contribution >= 0.6 is 0 Å².